The van der Waals surface area contributed by atoms with Crippen molar-refractivity contribution < 1.29 is 19.0 Å². The zero-order valence-electron chi connectivity index (χ0n) is 16.9. The molecule has 1 aliphatic rings. The van der Waals surface area contributed by atoms with Gasteiger partial charge in [-0.2, -0.15) is 5.10 Å². The topological polar surface area (TPSA) is 67.6 Å². The van der Waals surface area contributed by atoms with Gasteiger partial charge in [0.2, 0.25) is 0 Å². The van der Waals surface area contributed by atoms with Crippen LogP contribution in [0.4, 0.5) is 9.18 Å². The average Bonchev–Trinajstić information content (AvgIpc) is 3.12. The average molecular weight is 389 g/mol. The molecule has 1 saturated heterocycles. The predicted molar refractivity (Wildman–Crippen MR) is 104 cm³/mol. The fourth-order valence-electron chi connectivity index (χ4n) is 3.49. The Morgan fingerprint density at radius 3 is 2.61 bits per heavy atom. The first kappa shape index (κ1) is 20.3. The second-order valence-electron chi connectivity index (χ2n) is 8.32. The highest BCUT2D eigenvalue weighted by Gasteiger charge is 2.28. The van der Waals surface area contributed by atoms with Crippen molar-refractivity contribution in [3.63, 3.8) is 0 Å². The van der Waals surface area contributed by atoms with Gasteiger partial charge in [0.25, 0.3) is 0 Å². The van der Waals surface area contributed by atoms with Crippen LogP contribution in [0.15, 0.2) is 24.5 Å². The zero-order valence-corrected chi connectivity index (χ0v) is 16.9. The molecule has 6 nitrogen and oxygen atoms in total. The Hall–Kier alpha value is -2.41. The van der Waals surface area contributed by atoms with Gasteiger partial charge in [-0.05, 0) is 57.7 Å². The molecule has 0 saturated carbocycles. The van der Waals surface area contributed by atoms with E-state index in [4.69, 9.17) is 4.74 Å². The molecule has 1 aromatic heterocycles. The van der Waals surface area contributed by atoms with E-state index in [2.05, 4.69) is 5.10 Å². The first-order valence-electron chi connectivity index (χ1n) is 9.60. The molecule has 0 bridgehead atoms. The summed E-state index contributed by atoms with van der Waals surface area (Å²) in [5.41, 5.74) is 2.30. The van der Waals surface area contributed by atoms with Crippen molar-refractivity contribution >= 4 is 6.09 Å². The monoisotopic (exact) mass is 389 g/mol. The third-order valence-electron chi connectivity index (χ3n) is 4.97. The summed E-state index contributed by atoms with van der Waals surface area (Å²) in [6, 6.07) is 3.31. The number of likely N-dealkylation sites (tertiary alicyclic amines) is 1. The number of aryl methyl sites for hydroxylation is 1. The van der Waals surface area contributed by atoms with Gasteiger partial charge in [-0.15, -0.1) is 0 Å². The molecule has 152 valence electrons. The van der Waals surface area contributed by atoms with Gasteiger partial charge in [0.1, 0.15) is 11.4 Å². The van der Waals surface area contributed by atoms with Crippen LogP contribution in [0.25, 0.3) is 11.1 Å². The van der Waals surface area contributed by atoms with Crippen LogP contribution in [0.1, 0.15) is 50.8 Å². The second kappa shape index (κ2) is 7.91. The van der Waals surface area contributed by atoms with Gasteiger partial charge in [-0.1, -0.05) is 6.07 Å². The molecule has 1 aliphatic heterocycles. The van der Waals surface area contributed by atoms with Crippen molar-refractivity contribution in [3.8, 4) is 11.1 Å². The number of aromatic nitrogens is 2. The minimum atomic E-state index is -0.497. The van der Waals surface area contributed by atoms with Crippen LogP contribution >= 0.6 is 0 Å². The summed E-state index contributed by atoms with van der Waals surface area (Å²) in [4.78, 5) is 13.9. The summed E-state index contributed by atoms with van der Waals surface area (Å²) in [5.74, 6) is -0.415. The predicted octanol–water partition coefficient (Wildman–Crippen LogP) is 4.06. The molecule has 0 radical (unpaired) electrons. The van der Waals surface area contributed by atoms with Gasteiger partial charge >= 0.3 is 6.09 Å². The highest BCUT2D eigenvalue weighted by molar-refractivity contribution is 5.68. The van der Waals surface area contributed by atoms with E-state index in [1.807, 2.05) is 38.6 Å². The molecule has 0 aliphatic carbocycles. The normalized spacial score (nSPS) is 15.7. The highest BCUT2D eigenvalue weighted by atomic mass is 19.1. The molecule has 1 N–H and O–H groups in total. The Bertz CT molecular complexity index is 849. The second-order valence-corrected chi connectivity index (χ2v) is 8.32. The fourth-order valence-corrected chi connectivity index (χ4v) is 3.49. The molecule has 3 rings (SSSR count). The van der Waals surface area contributed by atoms with Crippen LogP contribution in [0, 0.1) is 12.7 Å². The van der Waals surface area contributed by atoms with E-state index in [9.17, 15) is 14.3 Å². The first-order valence-corrected chi connectivity index (χ1v) is 9.60. The van der Waals surface area contributed by atoms with E-state index in [0.29, 0.717) is 18.7 Å². The van der Waals surface area contributed by atoms with Gasteiger partial charge in [-0.25, -0.2) is 9.18 Å². The Labute approximate surface area is 164 Å². The Balaban J connectivity index is 1.68. The molecular formula is C21H28FN3O3. The van der Waals surface area contributed by atoms with Crippen LogP contribution in [-0.4, -0.2) is 44.6 Å². The molecular weight excluding hydrogens is 361 g/mol. The summed E-state index contributed by atoms with van der Waals surface area (Å²) in [5, 5.41) is 13.7. The maximum absolute atomic E-state index is 14.1. The fraction of sp³-hybridized carbons (Fsp3) is 0.524. The van der Waals surface area contributed by atoms with E-state index in [-0.39, 0.29) is 18.7 Å². The van der Waals surface area contributed by atoms with Crippen LogP contribution in [0.3, 0.4) is 0 Å². The number of aliphatic hydroxyl groups is 1. The number of carbonyl (C=O) groups is 1. The number of carbonyl (C=O) groups excluding carboxylic acids is 1. The summed E-state index contributed by atoms with van der Waals surface area (Å²) in [6.45, 7) is 8.40. The van der Waals surface area contributed by atoms with E-state index >= 15 is 0 Å². The zero-order chi connectivity index (χ0) is 20.5. The Morgan fingerprint density at radius 2 is 2.00 bits per heavy atom. The Morgan fingerprint density at radius 1 is 1.32 bits per heavy atom. The molecule has 2 aromatic rings. The van der Waals surface area contributed by atoms with Crippen molar-refractivity contribution in [1.82, 2.24) is 14.7 Å². The lowest BCUT2D eigenvalue weighted by atomic mass is 10.0. The minimum Gasteiger partial charge on any atom is -0.444 e. The third-order valence-corrected chi connectivity index (χ3v) is 4.97. The van der Waals surface area contributed by atoms with Crippen molar-refractivity contribution in [3.05, 3.63) is 41.5 Å². The molecule has 28 heavy (non-hydrogen) atoms. The Kier molecular flexibility index (Phi) is 5.74. The largest absolute Gasteiger partial charge is 0.444 e. The molecule has 0 unspecified atom stereocenters. The van der Waals surface area contributed by atoms with Gasteiger partial charge in [0.15, 0.2) is 0 Å². The lowest BCUT2D eigenvalue weighted by molar-refractivity contribution is 0.0185. The number of piperidine rings is 1. The van der Waals surface area contributed by atoms with E-state index in [1.54, 1.807) is 17.2 Å². The lowest BCUT2D eigenvalue weighted by Gasteiger charge is -2.33. The summed E-state index contributed by atoms with van der Waals surface area (Å²) >= 11 is 0. The maximum Gasteiger partial charge on any atom is 0.410 e. The molecule has 1 aromatic carbocycles. The quantitative estimate of drug-likeness (QED) is 0.860. The smallest absolute Gasteiger partial charge is 0.410 e. The molecule has 0 spiro atoms. The minimum absolute atomic E-state index is 0.189. The van der Waals surface area contributed by atoms with Crippen molar-refractivity contribution in [2.24, 2.45) is 0 Å². The van der Waals surface area contributed by atoms with Crippen LogP contribution in [-0.2, 0) is 11.3 Å². The summed E-state index contributed by atoms with van der Waals surface area (Å²) in [7, 11) is 0. The molecule has 7 heteroatoms. The van der Waals surface area contributed by atoms with Crippen molar-refractivity contribution in [1.29, 1.82) is 0 Å². The SMILES string of the molecule is Cc1cc(CO)c(F)cc1-c1cnn(C2CCN(C(=O)OC(C)(C)C)CC2)c1. The number of aliphatic hydroxyl groups excluding tert-OH is 1. The van der Waals surface area contributed by atoms with Crippen LogP contribution in [0.5, 0.6) is 0 Å². The van der Waals surface area contributed by atoms with Crippen LogP contribution < -0.4 is 0 Å². The number of hydrogen-bond acceptors (Lipinski definition) is 4. The number of ether oxygens (including phenoxy) is 1. The highest BCUT2D eigenvalue weighted by Crippen LogP contribution is 2.29. The molecule has 0 atom stereocenters. The van der Waals surface area contributed by atoms with Crippen molar-refractivity contribution in [2.45, 2.75) is 58.8 Å². The maximum atomic E-state index is 14.1. The summed E-state index contributed by atoms with van der Waals surface area (Å²) in [6.07, 6.45) is 4.96. The molecule has 1 fully saturated rings. The van der Waals surface area contributed by atoms with E-state index in [0.717, 1.165) is 29.5 Å². The van der Waals surface area contributed by atoms with Gasteiger partial charge < -0.3 is 14.7 Å². The number of benzene rings is 1. The number of rotatable bonds is 3. The van der Waals surface area contributed by atoms with E-state index < -0.39 is 11.4 Å². The lowest BCUT2D eigenvalue weighted by Crippen LogP contribution is -2.42. The number of halogens is 1. The van der Waals surface area contributed by atoms with Gasteiger partial charge in [-0.3, -0.25) is 4.68 Å². The van der Waals surface area contributed by atoms with Gasteiger partial charge in [0, 0.05) is 30.4 Å². The van der Waals surface area contributed by atoms with Crippen LogP contribution in [0.2, 0.25) is 0 Å². The summed E-state index contributed by atoms with van der Waals surface area (Å²) < 4.78 is 21.4. The molecule has 1 amide bonds. The van der Waals surface area contributed by atoms with Crippen molar-refractivity contribution in [2.75, 3.05) is 13.1 Å². The number of amides is 1. The van der Waals surface area contributed by atoms with E-state index in [1.165, 1.54) is 6.07 Å². The third kappa shape index (κ3) is 4.52. The first-order chi connectivity index (χ1) is 13.2. The molecule has 2 heterocycles. The standard InChI is InChI=1S/C21H28FN3O3/c1-14-9-15(13-26)19(22)10-18(14)16-11-23-25(12-16)17-5-7-24(8-6-17)20(27)28-21(2,3)4/h9-12,17,26H,5-8,13H2,1-4H3. The number of hydrogen-bond donors (Lipinski definition) is 1. The van der Waals surface area contributed by atoms with Gasteiger partial charge in [0.05, 0.1) is 18.8 Å². The number of nitrogens with zero attached hydrogens (tertiary/aromatic N) is 3.